The summed E-state index contributed by atoms with van der Waals surface area (Å²) in [6, 6.07) is 5.04. The molecule has 104 valence electrons. The van der Waals surface area contributed by atoms with Crippen LogP contribution < -0.4 is 9.64 Å². The first kappa shape index (κ1) is 14.3. The number of quaternary nitrogens is 1. The Kier molecular flexibility index (Phi) is 5.35. The van der Waals surface area contributed by atoms with Gasteiger partial charge in [-0.15, -0.1) is 0 Å². The lowest BCUT2D eigenvalue weighted by Gasteiger charge is -2.20. The molecule has 0 unspecified atom stereocenters. The predicted molar refractivity (Wildman–Crippen MR) is 78.7 cm³/mol. The van der Waals surface area contributed by atoms with Crippen LogP contribution in [0, 0.1) is 23.7 Å². The average Bonchev–Trinajstić information content (AvgIpc) is 2.49. The summed E-state index contributed by atoms with van der Waals surface area (Å²) in [4.78, 5) is 1.57. The summed E-state index contributed by atoms with van der Waals surface area (Å²) >= 11 is 0. The number of benzene rings is 1. The molecular formula is C17H20NO2+. The van der Waals surface area contributed by atoms with Crippen LogP contribution in [0.3, 0.4) is 0 Å². The van der Waals surface area contributed by atoms with Crippen LogP contribution in [0.1, 0.15) is 24.8 Å². The van der Waals surface area contributed by atoms with Crippen LogP contribution in [0.15, 0.2) is 18.2 Å². The quantitative estimate of drug-likeness (QED) is 0.780. The van der Waals surface area contributed by atoms with Gasteiger partial charge in [0.2, 0.25) is 0 Å². The van der Waals surface area contributed by atoms with Gasteiger partial charge in [0.25, 0.3) is 0 Å². The van der Waals surface area contributed by atoms with Gasteiger partial charge in [0.1, 0.15) is 6.54 Å². The highest BCUT2D eigenvalue weighted by atomic mass is 16.5. The van der Waals surface area contributed by atoms with Crippen LogP contribution >= 0.6 is 0 Å². The largest absolute Gasteiger partial charge is 0.504 e. The number of ether oxygens (including phenoxy) is 1. The van der Waals surface area contributed by atoms with Crippen molar-refractivity contribution in [3.8, 4) is 35.2 Å². The van der Waals surface area contributed by atoms with Gasteiger partial charge in [0.05, 0.1) is 20.2 Å². The molecule has 0 atom stereocenters. The first-order valence-electron chi connectivity index (χ1n) is 6.99. The molecule has 2 N–H and O–H groups in total. The molecule has 1 heterocycles. The second kappa shape index (κ2) is 7.48. The van der Waals surface area contributed by atoms with Crippen molar-refractivity contribution >= 4 is 0 Å². The van der Waals surface area contributed by atoms with Gasteiger partial charge in [-0.25, -0.2) is 0 Å². The Labute approximate surface area is 120 Å². The van der Waals surface area contributed by atoms with Crippen molar-refractivity contribution in [2.75, 3.05) is 26.7 Å². The third-order valence-corrected chi connectivity index (χ3v) is 3.44. The van der Waals surface area contributed by atoms with E-state index in [4.69, 9.17) is 4.74 Å². The zero-order valence-corrected chi connectivity index (χ0v) is 11.8. The number of nitrogens with one attached hydrogen (secondary N) is 1. The molecule has 3 nitrogen and oxygen atoms in total. The minimum absolute atomic E-state index is 0.123. The Morgan fingerprint density at radius 3 is 2.75 bits per heavy atom. The van der Waals surface area contributed by atoms with E-state index in [0.717, 1.165) is 12.1 Å². The summed E-state index contributed by atoms with van der Waals surface area (Å²) < 4.78 is 5.04. The van der Waals surface area contributed by atoms with Gasteiger partial charge in [-0.2, -0.15) is 0 Å². The fraction of sp³-hybridized carbons (Fsp3) is 0.412. The molecule has 0 saturated carbocycles. The Balaban J connectivity index is 1.91. The second-order valence-corrected chi connectivity index (χ2v) is 4.93. The van der Waals surface area contributed by atoms with Crippen LogP contribution in [-0.4, -0.2) is 31.9 Å². The van der Waals surface area contributed by atoms with E-state index in [2.05, 4.69) is 23.7 Å². The van der Waals surface area contributed by atoms with Crippen LogP contribution in [0.5, 0.6) is 11.5 Å². The number of methoxy groups -OCH3 is 1. The zero-order valence-electron chi connectivity index (χ0n) is 11.8. The maximum Gasteiger partial charge on any atom is 0.161 e. The second-order valence-electron chi connectivity index (χ2n) is 4.93. The molecule has 3 heteroatoms. The predicted octanol–water partition coefficient (Wildman–Crippen LogP) is 0.824. The molecule has 0 spiro atoms. The highest BCUT2D eigenvalue weighted by Crippen LogP contribution is 2.25. The van der Waals surface area contributed by atoms with Crippen molar-refractivity contribution in [2.45, 2.75) is 19.3 Å². The molecule has 0 bridgehead atoms. The highest BCUT2D eigenvalue weighted by Gasteiger charge is 2.10. The van der Waals surface area contributed by atoms with Crippen molar-refractivity contribution in [1.82, 2.24) is 0 Å². The Morgan fingerprint density at radius 2 is 2.00 bits per heavy atom. The monoisotopic (exact) mass is 270 g/mol. The smallest absolute Gasteiger partial charge is 0.161 e. The van der Waals surface area contributed by atoms with E-state index in [0.29, 0.717) is 5.75 Å². The van der Waals surface area contributed by atoms with Gasteiger partial charge in [0.15, 0.2) is 11.5 Å². The maximum absolute atomic E-state index is 9.48. The third kappa shape index (κ3) is 4.23. The molecular weight excluding hydrogens is 250 g/mol. The fourth-order valence-electron chi connectivity index (χ4n) is 2.30. The lowest BCUT2D eigenvalue weighted by atomic mass is 10.1. The zero-order chi connectivity index (χ0) is 14.2. The number of likely N-dealkylation sites (tertiary alicyclic amines) is 1. The molecule has 0 radical (unpaired) electrons. The SMILES string of the molecule is COc1cc(C#CC#CC[NH+]2CCCCC2)ccc1O. The van der Waals surface area contributed by atoms with Crippen LogP contribution in [-0.2, 0) is 0 Å². The number of piperidine rings is 1. The summed E-state index contributed by atoms with van der Waals surface area (Å²) in [5.74, 6) is 12.4. The van der Waals surface area contributed by atoms with E-state index in [1.54, 1.807) is 23.1 Å². The summed E-state index contributed by atoms with van der Waals surface area (Å²) in [7, 11) is 1.52. The van der Waals surface area contributed by atoms with E-state index in [9.17, 15) is 5.11 Å². The van der Waals surface area contributed by atoms with Gasteiger partial charge in [-0.05, 0) is 55.2 Å². The van der Waals surface area contributed by atoms with Gasteiger partial charge in [-0.1, -0.05) is 5.92 Å². The van der Waals surface area contributed by atoms with Gasteiger partial charge >= 0.3 is 0 Å². The van der Waals surface area contributed by atoms with E-state index < -0.39 is 0 Å². The molecule has 20 heavy (non-hydrogen) atoms. The van der Waals surface area contributed by atoms with E-state index in [1.165, 1.54) is 39.5 Å². The minimum atomic E-state index is 0.123. The van der Waals surface area contributed by atoms with Crippen LogP contribution in [0.2, 0.25) is 0 Å². The van der Waals surface area contributed by atoms with Gasteiger partial charge < -0.3 is 14.7 Å². The van der Waals surface area contributed by atoms with Crippen molar-refractivity contribution < 1.29 is 14.7 Å². The van der Waals surface area contributed by atoms with Crippen LogP contribution in [0.4, 0.5) is 0 Å². The molecule has 1 saturated heterocycles. The van der Waals surface area contributed by atoms with Crippen molar-refractivity contribution in [3.05, 3.63) is 23.8 Å². The number of phenols is 1. The lowest BCUT2D eigenvalue weighted by molar-refractivity contribution is -0.897. The lowest BCUT2D eigenvalue weighted by Crippen LogP contribution is -3.12. The van der Waals surface area contributed by atoms with Gasteiger partial charge in [-0.3, -0.25) is 0 Å². The maximum atomic E-state index is 9.48. The Morgan fingerprint density at radius 1 is 1.20 bits per heavy atom. The molecule has 0 amide bonds. The summed E-state index contributed by atoms with van der Waals surface area (Å²) in [6.45, 7) is 3.35. The molecule has 0 aromatic heterocycles. The molecule has 1 aromatic carbocycles. The van der Waals surface area contributed by atoms with Crippen molar-refractivity contribution in [1.29, 1.82) is 0 Å². The molecule has 1 aliphatic heterocycles. The number of aromatic hydroxyl groups is 1. The van der Waals surface area contributed by atoms with Crippen LogP contribution in [0.25, 0.3) is 0 Å². The van der Waals surface area contributed by atoms with Crippen molar-refractivity contribution in [2.24, 2.45) is 0 Å². The number of rotatable bonds is 2. The molecule has 1 fully saturated rings. The molecule has 1 aliphatic rings. The first-order chi connectivity index (χ1) is 9.79. The average molecular weight is 270 g/mol. The summed E-state index contributed by atoms with van der Waals surface area (Å²) in [5, 5.41) is 9.48. The number of hydrogen-bond donors (Lipinski definition) is 2. The Hall–Kier alpha value is -2.10. The topological polar surface area (TPSA) is 33.9 Å². The minimum Gasteiger partial charge on any atom is -0.504 e. The molecule has 2 rings (SSSR count). The first-order valence-corrected chi connectivity index (χ1v) is 6.99. The van der Waals surface area contributed by atoms with Crippen molar-refractivity contribution in [3.63, 3.8) is 0 Å². The van der Waals surface area contributed by atoms with E-state index in [1.807, 2.05) is 0 Å². The number of phenolic OH excluding ortho intramolecular Hbond substituents is 1. The molecule has 0 aliphatic carbocycles. The standard InChI is InChI=1S/C17H19NO2/c1-20-17-14-15(9-10-16(17)19)8-4-2-5-11-18-12-6-3-7-13-18/h9-10,14,19H,3,6-7,11-13H2,1H3/p+1. The van der Waals surface area contributed by atoms with E-state index in [-0.39, 0.29) is 5.75 Å². The third-order valence-electron chi connectivity index (χ3n) is 3.44. The van der Waals surface area contributed by atoms with E-state index >= 15 is 0 Å². The fourth-order valence-corrected chi connectivity index (χ4v) is 2.30. The highest BCUT2D eigenvalue weighted by molar-refractivity contribution is 5.49. The number of hydrogen-bond acceptors (Lipinski definition) is 2. The normalized spacial score (nSPS) is 14.7. The summed E-state index contributed by atoms with van der Waals surface area (Å²) in [6.07, 6.45) is 3.99. The molecule has 1 aromatic rings. The summed E-state index contributed by atoms with van der Waals surface area (Å²) in [5.41, 5.74) is 0.791. The van der Waals surface area contributed by atoms with Gasteiger partial charge in [0, 0.05) is 5.56 Å². The Bertz CT molecular complexity index is 566.